The van der Waals surface area contributed by atoms with Crippen LogP contribution in [-0.2, 0) is 16.0 Å². The lowest BCUT2D eigenvalue weighted by atomic mass is 10.2. The lowest BCUT2D eigenvalue weighted by molar-refractivity contribution is 0.0600. The second kappa shape index (κ2) is 12.4. The largest absolute Gasteiger partial charge is 0.492 e. The number of carbonyl (C=O) groups is 1. The number of rotatable bonds is 12. The maximum absolute atomic E-state index is 12.8. The summed E-state index contributed by atoms with van der Waals surface area (Å²) in [5.74, 6) is 0.217. The fourth-order valence-electron chi connectivity index (χ4n) is 3.62. The maximum Gasteiger partial charge on any atom is 0.337 e. The highest BCUT2D eigenvalue weighted by Crippen LogP contribution is 2.19. The number of hydrogen-bond donors (Lipinski definition) is 2. The molecule has 186 valence electrons. The zero-order valence-electron chi connectivity index (χ0n) is 19.9. The Labute approximate surface area is 202 Å². The molecule has 1 aromatic heterocycles. The molecular formula is C25H30N4O6. The summed E-state index contributed by atoms with van der Waals surface area (Å²) in [5.41, 5.74) is 6.74. The topological polar surface area (TPSA) is 129 Å². The molecule has 10 heteroatoms. The van der Waals surface area contributed by atoms with Crippen molar-refractivity contribution in [2.24, 2.45) is 0 Å². The van der Waals surface area contributed by atoms with E-state index in [1.807, 2.05) is 30.3 Å². The van der Waals surface area contributed by atoms with E-state index >= 15 is 0 Å². The van der Waals surface area contributed by atoms with Crippen molar-refractivity contribution in [3.8, 4) is 5.75 Å². The molecule has 0 aliphatic heterocycles. The SMILES string of the molecule is COCCCN(CCOc1ccc(C(=O)OC)cc1)c1c(N)n(Cc2ccccc2)c(=O)[nH]c1=O. The molecule has 10 nitrogen and oxygen atoms in total. The number of anilines is 2. The first-order valence-corrected chi connectivity index (χ1v) is 11.2. The van der Waals surface area contributed by atoms with Gasteiger partial charge in [0.2, 0.25) is 0 Å². The molecule has 2 aromatic carbocycles. The van der Waals surface area contributed by atoms with Gasteiger partial charge in [0.05, 0.1) is 25.8 Å². The molecule has 0 atom stereocenters. The number of aromatic amines is 1. The fraction of sp³-hybridized carbons (Fsp3) is 0.320. The van der Waals surface area contributed by atoms with Crippen molar-refractivity contribution in [1.29, 1.82) is 0 Å². The predicted octanol–water partition coefficient (Wildman–Crippen LogP) is 1.88. The van der Waals surface area contributed by atoms with Gasteiger partial charge in [-0.2, -0.15) is 0 Å². The summed E-state index contributed by atoms with van der Waals surface area (Å²) >= 11 is 0. The first kappa shape index (κ1) is 25.6. The van der Waals surface area contributed by atoms with Gasteiger partial charge in [0.15, 0.2) is 0 Å². The van der Waals surface area contributed by atoms with Crippen LogP contribution in [-0.4, -0.2) is 56.0 Å². The van der Waals surface area contributed by atoms with Crippen LogP contribution in [0.15, 0.2) is 64.2 Å². The van der Waals surface area contributed by atoms with E-state index in [0.717, 1.165) is 5.56 Å². The molecule has 0 saturated heterocycles. The van der Waals surface area contributed by atoms with Crippen molar-refractivity contribution in [3.05, 3.63) is 86.6 Å². The van der Waals surface area contributed by atoms with Crippen molar-refractivity contribution in [1.82, 2.24) is 9.55 Å². The zero-order valence-corrected chi connectivity index (χ0v) is 19.9. The van der Waals surface area contributed by atoms with E-state index in [4.69, 9.17) is 19.9 Å². The number of nitrogens with one attached hydrogen (secondary N) is 1. The lowest BCUT2D eigenvalue weighted by Gasteiger charge is -2.26. The van der Waals surface area contributed by atoms with Crippen LogP contribution in [0.1, 0.15) is 22.3 Å². The summed E-state index contributed by atoms with van der Waals surface area (Å²) in [6.07, 6.45) is 0.640. The number of esters is 1. The van der Waals surface area contributed by atoms with E-state index < -0.39 is 17.2 Å². The van der Waals surface area contributed by atoms with Crippen LogP contribution in [0.5, 0.6) is 5.75 Å². The Morgan fingerprint density at radius 1 is 1.00 bits per heavy atom. The molecule has 35 heavy (non-hydrogen) atoms. The van der Waals surface area contributed by atoms with Gasteiger partial charge < -0.3 is 24.8 Å². The number of methoxy groups -OCH3 is 2. The second-order valence-corrected chi connectivity index (χ2v) is 7.76. The minimum Gasteiger partial charge on any atom is -0.492 e. The highest BCUT2D eigenvalue weighted by molar-refractivity contribution is 5.89. The van der Waals surface area contributed by atoms with E-state index in [0.29, 0.717) is 37.4 Å². The minimum atomic E-state index is -0.570. The number of nitrogens with two attached hydrogens (primary N) is 1. The molecule has 0 radical (unpaired) electrons. The molecule has 0 spiro atoms. The van der Waals surface area contributed by atoms with E-state index in [1.54, 1.807) is 36.3 Å². The van der Waals surface area contributed by atoms with Crippen LogP contribution in [0.4, 0.5) is 11.5 Å². The molecule has 1 heterocycles. The number of hydrogen-bond acceptors (Lipinski definition) is 8. The minimum absolute atomic E-state index is 0.0856. The Balaban J connectivity index is 1.80. The normalized spacial score (nSPS) is 10.7. The molecule has 3 rings (SSSR count). The number of aromatic nitrogens is 2. The Morgan fingerprint density at radius 3 is 2.37 bits per heavy atom. The molecule has 0 saturated carbocycles. The number of nitrogens with zero attached hydrogens (tertiary/aromatic N) is 2. The fourth-order valence-corrected chi connectivity index (χ4v) is 3.62. The van der Waals surface area contributed by atoms with Crippen LogP contribution in [0, 0.1) is 0 Å². The first-order chi connectivity index (χ1) is 16.9. The molecule has 3 N–H and O–H groups in total. The summed E-state index contributed by atoms with van der Waals surface area (Å²) in [6.45, 7) is 1.76. The number of benzene rings is 2. The van der Waals surface area contributed by atoms with Gasteiger partial charge in [-0.25, -0.2) is 9.59 Å². The smallest absolute Gasteiger partial charge is 0.337 e. The van der Waals surface area contributed by atoms with Crippen LogP contribution >= 0.6 is 0 Å². The van der Waals surface area contributed by atoms with Crippen molar-refractivity contribution in [3.63, 3.8) is 0 Å². The zero-order chi connectivity index (χ0) is 25.2. The number of H-pyrrole nitrogens is 1. The van der Waals surface area contributed by atoms with Crippen molar-refractivity contribution in [2.45, 2.75) is 13.0 Å². The van der Waals surface area contributed by atoms with Crippen molar-refractivity contribution < 1.29 is 19.0 Å². The van der Waals surface area contributed by atoms with Gasteiger partial charge in [0.25, 0.3) is 5.56 Å². The first-order valence-electron chi connectivity index (χ1n) is 11.2. The Hall–Kier alpha value is -4.05. The van der Waals surface area contributed by atoms with Gasteiger partial charge in [-0.1, -0.05) is 30.3 Å². The maximum atomic E-state index is 12.8. The van der Waals surface area contributed by atoms with Crippen LogP contribution < -0.4 is 26.6 Å². The highest BCUT2D eigenvalue weighted by Gasteiger charge is 2.19. The summed E-state index contributed by atoms with van der Waals surface area (Å²) in [6, 6.07) is 15.9. The molecule has 0 bridgehead atoms. The number of nitrogen functional groups attached to an aromatic ring is 1. The molecule has 3 aromatic rings. The summed E-state index contributed by atoms with van der Waals surface area (Å²) in [5, 5.41) is 0. The van der Waals surface area contributed by atoms with Gasteiger partial charge in [-0.05, 0) is 36.2 Å². The third-order valence-electron chi connectivity index (χ3n) is 5.40. The second-order valence-electron chi connectivity index (χ2n) is 7.76. The van der Waals surface area contributed by atoms with E-state index in [2.05, 4.69) is 4.98 Å². The highest BCUT2D eigenvalue weighted by atomic mass is 16.5. The molecule has 0 fully saturated rings. The average Bonchev–Trinajstić information content (AvgIpc) is 2.87. The standard InChI is InChI=1S/C25H30N4O6/c1-33-15-6-13-28(14-16-35-20-11-9-19(10-12-20)24(31)34-2)21-22(26)29(25(32)27-23(21)30)17-18-7-4-3-5-8-18/h3-5,7-12H,6,13-17,26H2,1-2H3,(H,27,30,32). The summed E-state index contributed by atoms with van der Waals surface area (Å²) in [4.78, 5) is 41.1. The van der Waals surface area contributed by atoms with Crippen molar-refractivity contribution >= 4 is 17.5 Å². The molecular weight excluding hydrogens is 452 g/mol. The quantitative estimate of drug-likeness (QED) is 0.296. The monoisotopic (exact) mass is 482 g/mol. The van der Waals surface area contributed by atoms with E-state index in [-0.39, 0.29) is 24.7 Å². The van der Waals surface area contributed by atoms with Crippen LogP contribution in [0.2, 0.25) is 0 Å². The van der Waals surface area contributed by atoms with Gasteiger partial charge in [-0.3, -0.25) is 14.3 Å². The molecule has 0 aliphatic carbocycles. The molecule has 0 amide bonds. The van der Waals surface area contributed by atoms with E-state index in [1.165, 1.54) is 11.7 Å². The Morgan fingerprint density at radius 2 is 1.71 bits per heavy atom. The average molecular weight is 483 g/mol. The van der Waals surface area contributed by atoms with Crippen LogP contribution in [0.3, 0.4) is 0 Å². The summed E-state index contributed by atoms with van der Waals surface area (Å²) < 4.78 is 17.0. The predicted molar refractivity (Wildman–Crippen MR) is 133 cm³/mol. The third-order valence-corrected chi connectivity index (χ3v) is 5.40. The van der Waals surface area contributed by atoms with Gasteiger partial charge >= 0.3 is 11.7 Å². The molecule has 0 unspecified atom stereocenters. The Kier molecular flexibility index (Phi) is 9.08. The van der Waals surface area contributed by atoms with Crippen LogP contribution in [0.25, 0.3) is 0 Å². The Bertz CT molecular complexity index is 1220. The van der Waals surface area contributed by atoms with Gasteiger partial charge in [0.1, 0.15) is 23.9 Å². The number of carbonyl (C=O) groups excluding carboxylic acids is 1. The number of ether oxygens (including phenoxy) is 3. The third kappa shape index (κ3) is 6.73. The van der Waals surface area contributed by atoms with Crippen molar-refractivity contribution in [2.75, 3.05) is 51.2 Å². The van der Waals surface area contributed by atoms with Gasteiger partial charge in [-0.15, -0.1) is 0 Å². The molecule has 0 aliphatic rings. The van der Waals surface area contributed by atoms with Gasteiger partial charge in [0, 0.05) is 20.3 Å². The summed E-state index contributed by atoms with van der Waals surface area (Å²) in [7, 11) is 2.92. The lowest BCUT2D eigenvalue weighted by Crippen LogP contribution is -2.40. The van der Waals surface area contributed by atoms with E-state index in [9.17, 15) is 14.4 Å².